The van der Waals surface area contributed by atoms with Crippen LogP contribution in [0.4, 0.5) is 5.69 Å². The summed E-state index contributed by atoms with van der Waals surface area (Å²) in [5.74, 6) is 0.822. The number of hydrogen-bond donors (Lipinski definition) is 1. The van der Waals surface area contributed by atoms with E-state index in [1.807, 2.05) is 36.4 Å². The van der Waals surface area contributed by atoms with Gasteiger partial charge in [-0.15, -0.1) is 10.2 Å². The number of fused-ring (bicyclic) bond motifs is 1. The van der Waals surface area contributed by atoms with Crippen molar-refractivity contribution in [3.8, 4) is 11.3 Å². The van der Waals surface area contributed by atoms with Crippen LogP contribution in [0, 0.1) is 5.92 Å². The summed E-state index contributed by atoms with van der Waals surface area (Å²) in [6, 6.07) is 11.6. The van der Waals surface area contributed by atoms with E-state index < -0.39 is 0 Å². The Bertz CT molecular complexity index is 882. The van der Waals surface area contributed by atoms with Crippen molar-refractivity contribution in [2.75, 3.05) is 5.32 Å². The third-order valence-electron chi connectivity index (χ3n) is 4.86. The third-order valence-corrected chi connectivity index (χ3v) is 4.86. The molecule has 1 aliphatic rings. The molecule has 0 radical (unpaired) electrons. The van der Waals surface area contributed by atoms with Crippen LogP contribution in [0.3, 0.4) is 0 Å². The molecule has 0 aliphatic heterocycles. The fourth-order valence-corrected chi connectivity index (χ4v) is 3.50. The number of carbonyl (C=O) groups is 1. The number of hydrogen-bond acceptors (Lipinski definition) is 4. The molecule has 1 aromatic carbocycles. The maximum Gasteiger partial charge on any atom is 0.224 e. The lowest BCUT2D eigenvalue weighted by Crippen LogP contribution is -2.12. The van der Waals surface area contributed by atoms with E-state index in [2.05, 4.69) is 20.6 Å². The van der Waals surface area contributed by atoms with Gasteiger partial charge in [-0.2, -0.15) is 9.61 Å². The van der Waals surface area contributed by atoms with E-state index in [1.54, 1.807) is 10.8 Å². The molecule has 4 rings (SSSR count). The number of nitrogens with one attached hydrogen (secondary N) is 1. The molecule has 128 valence electrons. The Balaban J connectivity index is 1.44. The highest BCUT2D eigenvalue weighted by Gasteiger charge is 2.16. The number of aromatic nitrogens is 4. The maximum absolute atomic E-state index is 12.2. The van der Waals surface area contributed by atoms with Crippen molar-refractivity contribution in [1.82, 2.24) is 19.8 Å². The van der Waals surface area contributed by atoms with E-state index >= 15 is 0 Å². The zero-order valence-electron chi connectivity index (χ0n) is 14.1. The highest BCUT2D eigenvalue weighted by molar-refractivity contribution is 5.91. The normalized spacial score (nSPS) is 14.9. The van der Waals surface area contributed by atoms with Gasteiger partial charge in [0.1, 0.15) is 6.33 Å². The topological polar surface area (TPSA) is 72.2 Å². The van der Waals surface area contributed by atoms with Crippen LogP contribution in [0.5, 0.6) is 0 Å². The van der Waals surface area contributed by atoms with E-state index in [-0.39, 0.29) is 5.91 Å². The summed E-state index contributed by atoms with van der Waals surface area (Å²) in [6.45, 7) is 0. The van der Waals surface area contributed by atoms with Crippen molar-refractivity contribution < 1.29 is 4.79 Å². The Morgan fingerprint density at radius 3 is 2.96 bits per heavy atom. The molecule has 25 heavy (non-hydrogen) atoms. The van der Waals surface area contributed by atoms with Crippen molar-refractivity contribution in [2.24, 2.45) is 5.92 Å². The monoisotopic (exact) mass is 335 g/mol. The SMILES string of the molecule is O=C(CCC1CCCC1)Nc1cccc(-c2ccc3nncn3n2)c1. The number of anilines is 1. The molecule has 0 saturated heterocycles. The summed E-state index contributed by atoms with van der Waals surface area (Å²) in [5.41, 5.74) is 3.28. The molecule has 1 saturated carbocycles. The molecule has 0 spiro atoms. The minimum atomic E-state index is 0.0891. The fraction of sp³-hybridized carbons (Fsp3) is 0.368. The molecule has 1 aliphatic carbocycles. The summed E-state index contributed by atoms with van der Waals surface area (Å²) in [7, 11) is 0. The largest absolute Gasteiger partial charge is 0.326 e. The van der Waals surface area contributed by atoms with Crippen molar-refractivity contribution in [3.63, 3.8) is 0 Å². The molecule has 0 unspecified atom stereocenters. The summed E-state index contributed by atoms with van der Waals surface area (Å²) >= 11 is 0. The fourth-order valence-electron chi connectivity index (χ4n) is 3.50. The maximum atomic E-state index is 12.2. The van der Waals surface area contributed by atoms with E-state index in [1.165, 1.54) is 25.7 Å². The Morgan fingerprint density at radius 2 is 2.08 bits per heavy atom. The zero-order valence-corrected chi connectivity index (χ0v) is 14.1. The van der Waals surface area contributed by atoms with Gasteiger partial charge in [-0.25, -0.2) is 0 Å². The number of amides is 1. The lowest BCUT2D eigenvalue weighted by molar-refractivity contribution is -0.116. The van der Waals surface area contributed by atoms with Crippen LogP contribution in [-0.4, -0.2) is 25.7 Å². The Morgan fingerprint density at radius 1 is 1.20 bits per heavy atom. The van der Waals surface area contributed by atoms with E-state index in [9.17, 15) is 4.79 Å². The van der Waals surface area contributed by atoms with Crippen LogP contribution in [0.15, 0.2) is 42.7 Å². The predicted molar refractivity (Wildman–Crippen MR) is 96.0 cm³/mol. The lowest BCUT2D eigenvalue weighted by atomic mass is 10.0. The van der Waals surface area contributed by atoms with Crippen molar-refractivity contribution in [1.29, 1.82) is 0 Å². The molecule has 6 heteroatoms. The minimum absolute atomic E-state index is 0.0891. The van der Waals surface area contributed by atoms with Crippen LogP contribution in [-0.2, 0) is 4.79 Å². The number of benzene rings is 1. The molecule has 1 amide bonds. The van der Waals surface area contributed by atoms with Crippen molar-refractivity contribution >= 4 is 17.2 Å². The quantitative estimate of drug-likeness (QED) is 0.771. The first-order valence-electron chi connectivity index (χ1n) is 8.85. The molecule has 0 atom stereocenters. The van der Waals surface area contributed by atoms with Crippen molar-refractivity contribution in [3.05, 3.63) is 42.7 Å². The van der Waals surface area contributed by atoms with Gasteiger partial charge in [0.2, 0.25) is 5.91 Å². The summed E-state index contributed by atoms with van der Waals surface area (Å²) in [4.78, 5) is 12.2. The van der Waals surface area contributed by atoms with Gasteiger partial charge in [0, 0.05) is 17.7 Å². The van der Waals surface area contributed by atoms with E-state index in [0.717, 1.165) is 29.3 Å². The standard InChI is InChI=1S/C19H21N5O/c25-19(11-8-14-4-1-2-5-14)21-16-7-3-6-15(12-16)17-9-10-18-22-20-13-24(18)23-17/h3,6-7,9-10,12-14H,1-2,4-5,8,11H2,(H,21,25). The Hall–Kier alpha value is -2.76. The predicted octanol–water partition coefficient (Wildman–Crippen LogP) is 3.70. The van der Waals surface area contributed by atoms with Gasteiger partial charge < -0.3 is 5.32 Å². The Labute approximate surface area is 146 Å². The smallest absolute Gasteiger partial charge is 0.224 e. The molecular formula is C19H21N5O. The van der Waals surface area contributed by atoms with Crippen LogP contribution in [0.1, 0.15) is 38.5 Å². The second-order valence-corrected chi connectivity index (χ2v) is 6.67. The molecule has 2 aromatic heterocycles. The van der Waals surface area contributed by atoms with Gasteiger partial charge in [0.15, 0.2) is 5.65 Å². The molecule has 3 aromatic rings. The highest BCUT2D eigenvalue weighted by Crippen LogP contribution is 2.28. The number of nitrogens with zero attached hydrogens (tertiary/aromatic N) is 4. The zero-order chi connectivity index (χ0) is 17.1. The second-order valence-electron chi connectivity index (χ2n) is 6.67. The summed E-state index contributed by atoms with van der Waals surface area (Å²) in [6.07, 6.45) is 8.36. The third kappa shape index (κ3) is 3.68. The molecular weight excluding hydrogens is 314 g/mol. The van der Waals surface area contributed by atoms with Crippen LogP contribution >= 0.6 is 0 Å². The molecule has 0 bridgehead atoms. The Kier molecular flexibility index (Phi) is 4.41. The molecule has 2 heterocycles. The van der Waals surface area contributed by atoms with Gasteiger partial charge in [-0.3, -0.25) is 4.79 Å². The summed E-state index contributed by atoms with van der Waals surface area (Å²) < 4.78 is 1.64. The number of rotatable bonds is 5. The minimum Gasteiger partial charge on any atom is -0.326 e. The van der Waals surface area contributed by atoms with Gasteiger partial charge >= 0.3 is 0 Å². The average molecular weight is 335 g/mol. The van der Waals surface area contributed by atoms with E-state index in [4.69, 9.17) is 0 Å². The first kappa shape index (κ1) is 15.7. The van der Waals surface area contributed by atoms with Crippen molar-refractivity contribution in [2.45, 2.75) is 38.5 Å². The number of carbonyl (C=O) groups excluding carboxylic acids is 1. The summed E-state index contributed by atoms with van der Waals surface area (Å²) in [5, 5.41) is 15.3. The van der Waals surface area contributed by atoms with Crippen LogP contribution < -0.4 is 5.32 Å². The highest BCUT2D eigenvalue weighted by atomic mass is 16.1. The van der Waals surface area contributed by atoms with Gasteiger partial charge in [0.05, 0.1) is 5.69 Å². The van der Waals surface area contributed by atoms with Gasteiger partial charge in [-0.1, -0.05) is 37.8 Å². The first-order valence-corrected chi connectivity index (χ1v) is 8.85. The molecule has 1 N–H and O–H groups in total. The molecule has 6 nitrogen and oxygen atoms in total. The van der Waals surface area contributed by atoms with Gasteiger partial charge in [-0.05, 0) is 36.6 Å². The molecule has 1 fully saturated rings. The van der Waals surface area contributed by atoms with E-state index in [0.29, 0.717) is 12.1 Å². The van der Waals surface area contributed by atoms with Gasteiger partial charge in [0.25, 0.3) is 0 Å². The van der Waals surface area contributed by atoms with Crippen LogP contribution in [0.2, 0.25) is 0 Å². The van der Waals surface area contributed by atoms with Crippen LogP contribution in [0.25, 0.3) is 16.9 Å². The average Bonchev–Trinajstić information content (AvgIpc) is 3.31. The lowest BCUT2D eigenvalue weighted by Gasteiger charge is -2.10. The second kappa shape index (κ2) is 7.01. The first-order chi connectivity index (χ1) is 12.3.